The van der Waals surface area contributed by atoms with Gasteiger partial charge < -0.3 is 8.85 Å². The maximum Gasteiger partial charge on any atom is 0.184 e. The number of alkyl halides is 2. The van der Waals surface area contributed by atoms with Gasteiger partial charge >= 0.3 is 0 Å². The summed E-state index contributed by atoms with van der Waals surface area (Å²) in [4.78, 5) is 0. The summed E-state index contributed by atoms with van der Waals surface area (Å²) in [6.45, 7) is 13.9. The summed E-state index contributed by atoms with van der Waals surface area (Å²) in [5.74, 6) is 0. The fourth-order valence-corrected chi connectivity index (χ4v) is 7.47. The molecular weight excluding hydrogens is 379 g/mol. The SMILES string of the molecule is C[Si](C)(C)OCCC(O[Si](C)(C)C)([Si]C(Cl)Cl)c1ccccc1. The summed E-state index contributed by atoms with van der Waals surface area (Å²) in [6.07, 6.45) is 0.778. The predicted molar refractivity (Wildman–Crippen MR) is 108 cm³/mol. The van der Waals surface area contributed by atoms with Crippen molar-refractivity contribution in [2.45, 2.75) is 55.4 Å². The average molecular weight is 408 g/mol. The van der Waals surface area contributed by atoms with E-state index in [9.17, 15) is 0 Å². The molecule has 0 spiro atoms. The van der Waals surface area contributed by atoms with Crippen LogP contribution in [0.3, 0.4) is 0 Å². The quantitative estimate of drug-likeness (QED) is 0.403. The van der Waals surface area contributed by atoms with Crippen LogP contribution < -0.4 is 0 Å². The van der Waals surface area contributed by atoms with Crippen molar-refractivity contribution >= 4 is 49.4 Å². The van der Waals surface area contributed by atoms with E-state index in [1.807, 2.05) is 18.2 Å². The van der Waals surface area contributed by atoms with Crippen molar-refractivity contribution in [1.29, 1.82) is 0 Å². The number of benzene rings is 1. The summed E-state index contributed by atoms with van der Waals surface area (Å²) >= 11 is 12.4. The molecule has 0 amide bonds. The van der Waals surface area contributed by atoms with Crippen molar-refractivity contribution in [3.05, 3.63) is 35.9 Å². The van der Waals surface area contributed by atoms with Gasteiger partial charge in [-0.1, -0.05) is 30.3 Å². The van der Waals surface area contributed by atoms with E-state index in [4.69, 9.17) is 32.1 Å². The largest absolute Gasteiger partial charge is 0.418 e. The highest BCUT2D eigenvalue weighted by Gasteiger charge is 2.40. The molecule has 1 unspecified atom stereocenters. The molecule has 0 saturated carbocycles. The van der Waals surface area contributed by atoms with Crippen LogP contribution in [0, 0.1) is 0 Å². The van der Waals surface area contributed by atoms with E-state index in [2.05, 4.69) is 51.4 Å². The van der Waals surface area contributed by atoms with Crippen molar-refractivity contribution < 1.29 is 8.85 Å². The fraction of sp³-hybridized carbons (Fsp3) is 0.625. The van der Waals surface area contributed by atoms with Crippen LogP contribution in [0.25, 0.3) is 0 Å². The number of rotatable bonds is 9. The van der Waals surface area contributed by atoms with Gasteiger partial charge in [-0.3, -0.25) is 0 Å². The van der Waals surface area contributed by atoms with Gasteiger partial charge in [0.1, 0.15) is 9.52 Å². The number of halogens is 2. The van der Waals surface area contributed by atoms with Crippen molar-refractivity contribution in [3.63, 3.8) is 0 Å². The lowest BCUT2D eigenvalue weighted by Crippen LogP contribution is -2.48. The Kier molecular flexibility index (Phi) is 8.05. The highest BCUT2D eigenvalue weighted by molar-refractivity contribution is 6.73. The molecule has 2 nitrogen and oxygen atoms in total. The molecule has 2 radical (unpaired) electrons. The molecule has 0 N–H and O–H groups in total. The smallest absolute Gasteiger partial charge is 0.184 e. The third-order valence-corrected chi connectivity index (χ3v) is 7.27. The second kappa shape index (κ2) is 8.65. The molecule has 0 heterocycles. The molecule has 1 rings (SSSR count). The van der Waals surface area contributed by atoms with Gasteiger partial charge in [-0.25, -0.2) is 0 Å². The van der Waals surface area contributed by atoms with Crippen LogP contribution in [0.15, 0.2) is 30.3 Å². The molecule has 1 aromatic carbocycles. The highest BCUT2D eigenvalue weighted by Crippen LogP contribution is 2.34. The summed E-state index contributed by atoms with van der Waals surface area (Å²) < 4.78 is 12.3. The second-order valence-electron chi connectivity index (χ2n) is 7.56. The Hall–Kier alpha value is 0.371. The van der Waals surface area contributed by atoms with Crippen molar-refractivity contribution in [2.75, 3.05) is 6.61 Å². The Balaban J connectivity index is 3.12. The molecule has 0 aliphatic carbocycles. The molecule has 1 atom stereocenters. The molecule has 0 fully saturated rings. The third-order valence-electron chi connectivity index (χ3n) is 3.05. The van der Waals surface area contributed by atoms with Gasteiger partial charge in [0.25, 0.3) is 0 Å². The van der Waals surface area contributed by atoms with Crippen LogP contribution >= 0.6 is 23.2 Å². The van der Waals surface area contributed by atoms with Gasteiger partial charge in [-0.15, -0.1) is 23.2 Å². The zero-order valence-electron chi connectivity index (χ0n) is 15.0. The fourth-order valence-electron chi connectivity index (χ4n) is 2.35. The van der Waals surface area contributed by atoms with E-state index < -0.39 is 26.3 Å². The summed E-state index contributed by atoms with van der Waals surface area (Å²) in [5.41, 5.74) is 1.14. The van der Waals surface area contributed by atoms with E-state index in [0.29, 0.717) is 6.61 Å². The first-order valence-electron chi connectivity index (χ1n) is 7.89. The standard InChI is InChI=1S/C16H28Cl2O2Si3/c1-22(2,3)19-13-12-16(21-15(17)18,20-23(4,5)6)14-10-8-7-9-11-14/h7-11,15H,12-13H2,1-6H3. The van der Waals surface area contributed by atoms with Crippen LogP contribution in [-0.4, -0.2) is 37.2 Å². The minimum atomic E-state index is -1.79. The molecule has 7 heteroatoms. The predicted octanol–water partition coefficient (Wildman–Crippen LogP) is 5.40. The van der Waals surface area contributed by atoms with Crippen molar-refractivity contribution in [2.24, 2.45) is 0 Å². The Morgan fingerprint density at radius 2 is 1.57 bits per heavy atom. The lowest BCUT2D eigenvalue weighted by Gasteiger charge is -2.40. The molecule has 0 bridgehead atoms. The summed E-state index contributed by atoms with van der Waals surface area (Å²) in [6, 6.07) is 10.3. The van der Waals surface area contributed by atoms with Gasteiger partial charge in [-0.2, -0.15) is 0 Å². The minimum Gasteiger partial charge on any atom is -0.418 e. The van der Waals surface area contributed by atoms with E-state index in [0.717, 1.165) is 12.0 Å². The second-order valence-corrected chi connectivity index (χ2v) is 20.0. The molecule has 0 aromatic heterocycles. The van der Waals surface area contributed by atoms with Gasteiger partial charge in [-0.05, 0) is 51.3 Å². The van der Waals surface area contributed by atoms with Gasteiger partial charge in [0.05, 0.1) is 9.68 Å². The maximum absolute atomic E-state index is 6.65. The van der Waals surface area contributed by atoms with E-state index >= 15 is 0 Å². The molecule has 0 aliphatic heterocycles. The molecular formula is C16H28Cl2O2Si3. The third kappa shape index (κ3) is 8.34. The van der Waals surface area contributed by atoms with Crippen LogP contribution in [-0.2, 0) is 14.1 Å². The first-order chi connectivity index (χ1) is 10.4. The van der Waals surface area contributed by atoms with Crippen LogP contribution in [0.1, 0.15) is 12.0 Å². The normalized spacial score (nSPS) is 15.7. The van der Waals surface area contributed by atoms with Gasteiger partial charge in [0, 0.05) is 6.61 Å². The summed E-state index contributed by atoms with van der Waals surface area (Å²) in [7, 11) is -3.08. The number of hydrogen-bond acceptors (Lipinski definition) is 2. The van der Waals surface area contributed by atoms with Crippen molar-refractivity contribution in [3.8, 4) is 0 Å². The van der Waals surface area contributed by atoms with E-state index in [1.54, 1.807) is 0 Å². The first kappa shape index (κ1) is 21.4. The van der Waals surface area contributed by atoms with Crippen LogP contribution in [0.4, 0.5) is 0 Å². The highest BCUT2D eigenvalue weighted by atomic mass is 35.5. The Bertz CT molecular complexity index is 472. The Morgan fingerprint density at radius 3 is 2.00 bits per heavy atom. The zero-order valence-corrected chi connectivity index (χ0v) is 19.5. The maximum atomic E-state index is 6.65. The Morgan fingerprint density at radius 1 is 1.00 bits per heavy atom. The lowest BCUT2D eigenvalue weighted by atomic mass is 10.1. The zero-order chi connectivity index (χ0) is 17.7. The summed E-state index contributed by atoms with van der Waals surface area (Å²) in [5, 5.41) is -0.459. The van der Waals surface area contributed by atoms with Crippen LogP contribution in [0.5, 0.6) is 0 Å². The Labute approximate surface area is 155 Å². The molecule has 23 heavy (non-hydrogen) atoms. The average Bonchev–Trinajstić information content (AvgIpc) is 2.35. The molecule has 0 aliphatic rings. The van der Waals surface area contributed by atoms with Crippen LogP contribution in [0.2, 0.25) is 39.3 Å². The molecule has 0 saturated heterocycles. The van der Waals surface area contributed by atoms with Crippen molar-refractivity contribution in [1.82, 2.24) is 0 Å². The minimum absolute atomic E-state index is 0.273. The monoisotopic (exact) mass is 406 g/mol. The topological polar surface area (TPSA) is 18.5 Å². The molecule has 130 valence electrons. The first-order valence-corrected chi connectivity index (χ1v) is 16.7. The van der Waals surface area contributed by atoms with E-state index in [1.165, 1.54) is 0 Å². The van der Waals surface area contributed by atoms with Gasteiger partial charge in [0.15, 0.2) is 16.6 Å². The van der Waals surface area contributed by atoms with E-state index in [-0.39, 0.29) is 9.52 Å². The molecule has 1 aromatic rings. The van der Waals surface area contributed by atoms with Gasteiger partial charge in [0.2, 0.25) is 0 Å². The number of hydrogen-bond donors (Lipinski definition) is 0. The lowest BCUT2D eigenvalue weighted by molar-refractivity contribution is 0.110.